The van der Waals surface area contributed by atoms with E-state index in [1.165, 1.54) is 13.0 Å². The van der Waals surface area contributed by atoms with Crippen molar-refractivity contribution in [2.45, 2.75) is 18.7 Å². The molecule has 0 saturated carbocycles. The fraction of sp³-hybridized carbons (Fsp3) is 0.375. The molecule has 1 aromatic rings. The van der Waals surface area contributed by atoms with Crippen LogP contribution in [0.25, 0.3) is 0 Å². The lowest BCUT2D eigenvalue weighted by Gasteiger charge is -2.07. The maximum absolute atomic E-state index is 12.4. The molecule has 1 rings (SSSR count). The minimum absolute atomic E-state index is 0.0566. The van der Waals surface area contributed by atoms with Crippen molar-refractivity contribution in [3.63, 3.8) is 0 Å². The van der Waals surface area contributed by atoms with Crippen LogP contribution in [0.2, 0.25) is 0 Å². The SMILES string of the molecule is Cc1nc(C(F)F)c(CBr)cc1O. The summed E-state index contributed by atoms with van der Waals surface area (Å²) in [4.78, 5) is 3.61. The molecule has 0 unspecified atom stereocenters. The number of rotatable bonds is 2. The van der Waals surface area contributed by atoms with Gasteiger partial charge in [-0.1, -0.05) is 15.9 Å². The van der Waals surface area contributed by atoms with Crippen LogP contribution in [0.3, 0.4) is 0 Å². The monoisotopic (exact) mass is 251 g/mol. The first-order chi connectivity index (χ1) is 6.06. The number of alkyl halides is 3. The topological polar surface area (TPSA) is 33.1 Å². The third kappa shape index (κ3) is 2.15. The summed E-state index contributed by atoms with van der Waals surface area (Å²) in [5, 5.41) is 9.47. The molecule has 0 spiro atoms. The number of halogens is 3. The van der Waals surface area contributed by atoms with Gasteiger partial charge in [0.15, 0.2) is 0 Å². The Hall–Kier alpha value is -0.710. The standard InChI is InChI=1S/C8H8BrF2NO/c1-4-6(13)2-5(3-9)7(12-4)8(10)11/h2,8,13H,3H2,1H3. The predicted octanol–water partition coefficient (Wildman–Crippen LogP) is 2.93. The van der Waals surface area contributed by atoms with Crippen LogP contribution in [0.5, 0.6) is 5.75 Å². The van der Waals surface area contributed by atoms with Crippen LogP contribution in [0.4, 0.5) is 8.78 Å². The molecular weight excluding hydrogens is 244 g/mol. The van der Waals surface area contributed by atoms with Crippen LogP contribution in [0.15, 0.2) is 6.07 Å². The van der Waals surface area contributed by atoms with Crippen LogP contribution >= 0.6 is 15.9 Å². The van der Waals surface area contributed by atoms with Crippen molar-refractivity contribution >= 4 is 15.9 Å². The summed E-state index contributed by atoms with van der Waals surface area (Å²) in [7, 11) is 0. The number of aromatic nitrogens is 1. The molecule has 72 valence electrons. The smallest absolute Gasteiger partial charge is 0.280 e. The lowest BCUT2D eigenvalue weighted by Crippen LogP contribution is -1.98. The molecule has 0 aliphatic carbocycles. The molecule has 0 radical (unpaired) electrons. The quantitative estimate of drug-likeness (QED) is 0.821. The maximum atomic E-state index is 12.4. The number of hydrogen-bond acceptors (Lipinski definition) is 2. The number of hydrogen-bond donors (Lipinski definition) is 1. The van der Waals surface area contributed by atoms with E-state index in [4.69, 9.17) is 0 Å². The first kappa shape index (κ1) is 10.4. The highest BCUT2D eigenvalue weighted by Gasteiger charge is 2.16. The Bertz CT molecular complexity index is 317. The molecule has 1 aromatic heterocycles. The summed E-state index contributed by atoms with van der Waals surface area (Å²) >= 11 is 3.05. The molecule has 0 saturated heterocycles. The number of nitrogens with zero attached hydrogens (tertiary/aromatic N) is 1. The second-order valence-electron chi connectivity index (χ2n) is 2.57. The van der Waals surface area contributed by atoms with E-state index >= 15 is 0 Å². The van der Waals surface area contributed by atoms with E-state index in [1.807, 2.05) is 0 Å². The average molecular weight is 252 g/mol. The van der Waals surface area contributed by atoms with Crippen LogP contribution in [-0.4, -0.2) is 10.1 Å². The molecule has 0 aliphatic heterocycles. The Kier molecular flexibility index (Phi) is 3.19. The third-order valence-electron chi connectivity index (χ3n) is 1.65. The molecule has 1 N–H and O–H groups in total. The third-order valence-corrected chi connectivity index (χ3v) is 2.25. The van der Waals surface area contributed by atoms with Gasteiger partial charge in [0.1, 0.15) is 11.4 Å². The molecule has 0 atom stereocenters. The van der Waals surface area contributed by atoms with E-state index in [1.54, 1.807) is 0 Å². The van der Waals surface area contributed by atoms with Crippen molar-refractivity contribution in [2.75, 3.05) is 0 Å². The lowest BCUT2D eigenvalue weighted by atomic mass is 10.2. The first-order valence-corrected chi connectivity index (χ1v) is 4.72. The van der Waals surface area contributed by atoms with Crippen LogP contribution in [-0.2, 0) is 5.33 Å². The van der Waals surface area contributed by atoms with E-state index in [9.17, 15) is 13.9 Å². The minimum atomic E-state index is -2.60. The largest absolute Gasteiger partial charge is 0.506 e. The van der Waals surface area contributed by atoms with Crippen molar-refractivity contribution in [3.8, 4) is 5.75 Å². The van der Waals surface area contributed by atoms with Crippen molar-refractivity contribution in [1.29, 1.82) is 0 Å². The summed E-state index contributed by atoms with van der Waals surface area (Å²) in [6.07, 6.45) is -2.60. The molecule has 0 aromatic carbocycles. The molecule has 5 heteroatoms. The minimum Gasteiger partial charge on any atom is -0.506 e. The molecule has 1 heterocycles. The van der Waals surface area contributed by atoms with Crippen LogP contribution in [0.1, 0.15) is 23.4 Å². The summed E-state index contributed by atoms with van der Waals surface area (Å²) in [6.45, 7) is 1.49. The van der Waals surface area contributed by atoms with Gasteiger partial charge in [0.05, 0.1) is 5.69 Å². The Morgan fingerprint density at radius 1 is 1.62 bits per heavy atom. The van der Waals surface area contributed by atoms with E-state index < -0.39 is 6.43 Å². The zero-order valence-electron chi connectivity index (χ0n) is 6.89. The van der Waals surface area contributed by atoms with Crippen LogP contribution in [0, 0.1) is 6.92 Å². The summed E-state index contributed by atoms with van der Waals surface area (Å²) in [6, 6.07) is 1.30. The van der Waals surface area contributed by atoms with Crippen LogP contribution < -0.4 is 0 Å². The summed E-state index contributed by atoms with van der Waals surface area (Å²) in [5.41, 5.74) is 0.269. The van der Waals surface area contributed by atoms with Gasteiger partial charge in [-0.15, -0.1) is 0 Å². The Balaban J connectivity index is 3.25. The highest BCUT2D eigenvalue weighted by Crippen LogP contribution is 2.27. The van der Waals surface area contributed by atoms with E-state index in [-0.39, 0.29) is 22.5 Å². The lowest BCUT2D eigenvalue weighted by molar-refractivity contribution is 0.145. The second kappa shape index (κ2) is 4.00. The molecule has 0 fully saturated rings. The molecular formula is C8H8BrF2NO. The van der Waals surface area contributed by atoms with Gasteiger partial charge in [0.2, 0.25) is 0 Å². The molecule has 0 aliphatic rings. The van der Waals surface area contributed by atoms with Crippen molar-refractivity contribution < 1.29 is 13.9 Å². The normalized spacial score (nSPS) is 10.8. The van der Waals surface area contributed by atoms with E-state index in [0.29, 0.717) is 5.56 Å². The number of aryl methyl sites for hydroxylation is 1. The molecule has 2 nitrogen and oxygen atoms in total. The highest BCUT2D eigenvalue weighted by molar-refractivity contribution is 9.08. The number of pyridine rings is 1. The summed E-state index contributed by atoms with van der Waals surface area (Å²) in [5.74, 6) is -0.0566. The van der Waals surface area contributed by atoms with Gasteiger partial charge in [-0.2, -0.15) is 0 Å². The van der Waals surface area contributed by atoms with Gasteiger partial charge in [0, 0.05) is 5.33 Å². The van der Waals surface area contributed by atoms with Crippen molar-refractivity contribution in [3.05, 3.63) is 23.0 Å². The van der Waals surface area contributed by atoms with Crippen molar-refractivity contribution in [1.82, 2.24) is 4.98 Å². The fourth-order valence-corrected chi connectivity index (χ4v) is 1.40. The maximum Gasteiger partial charge on any atom is 0.280 e. The zero-order chi connectivity index (χ0) is 10.0. The van der Waals surface area contributed by atoms with Gasteiger partial charge in [-0.05, 0) is 18.6 Å². The Labute approximate surface area is 82.7 Å². The zero-order valence-corrected chi connectivity index (χ0v) is 8.48. The molecule has 0 bridgehead atoms. The first-order valence-electron chi connectivity index (χ1n) is 3.59. The highest BCUT2D eigenvalue weighted by atomic mass is 79.9. The van der Waals surface area contributed by atoms with E-state index in [2.05, 4.69) is 20.9 Å². The van der Waals surface area contributed by atoms with Gasteiger partial charge in [-0.25, -0.2) is 13.8 Å². The van der Waals surface area contributed by atoms with Gasteiger partial charge in [0.25, 0.3) is 6.43 Å². The van der Waals surface area contributed by atoms with Gasteiger partial charge in [-0.3, -0.25) is 0 Å². The predicted molar refractivity (Wildman–Crippen MR) is 48.2 cm³/mol. The van der Waals surface area contributed by atoms with Crippen molar-refractivity contribution in [2.24, 2.45) is 0 Å². The van der Waals surface area contributed by atoms with Gasteiger partial charge < -0.3 is 5.11 Å². The second-order valence-corrected chi connectivity index (χ2v) is 3.13. The molecule has 13 heavy (non-hydrogen) atoms. The number of aromatic hydroxyl groups is 1. The Morgan fingerprint density at radius 2 is 2.23 bits per heavy atom. The summed E-state index contributed by atoms with van der Waals surface area (Å²) < 4.78 is 24.7. The average Bonchev–Trinajstić information content (AvgIpc) is 2.08. The Morgan fingerprint density at radius 3 is 2.69 bits per heavy atom. The molecule has 0 amide bonds. The van der Waals surface area contributed by atoms with E-state index in [0.717, 1.165) is 0 Å². The van der Waals surface area contributed by atoms with Gasteiger partial charge >= 0.3 is 0 Å². The fourth-order valence-electron chi connectivity index (χ4n) is 0.949.